The molecule has 2 aromatic rings. The van der Waals surface area contributed by atoms with Crippen LogP contribution >= 0.6 is 0 Å². The summed E-state index contributed by atoms with van der Waals surface area (Å²) in [5, 5.41) is 2.93. The van der Waals surface area contributed by atoms with Crippen molar-refractivity contribution in [3.63, 3.8) is 0 Å². The van der Waals surface area contributed by atoms with Crippen LogP contribution in [0.2, 0.25) is 0 Å². The molecule has 24 heavy (non-hydrogen) atoms. The first-order chi connectivity index (χ1) is 11.5. The predicted octanol–water partition coefficient (Wildman–Crippen LogP) is 3.41. The number of hydrogen-bond acceptors (Lipinski definition) is 3. The standard InChI is InChI=1S/C20H23NO3/c1-15(8-9-17-6-4-3-5-7-17)21-20(23)14-24-19-12-10-18(11-13-19)16(2)22/h3-7,10-13,15H,8-9,14H2,1-2H3,(H,21,23)/t15-/m0/s1. The first-order valence-corrected chi connectivity index (χ1v) is 8.11. The van der Waals surface area contributed by atoms with Gasteiger partial charge in [0, 0.05) is 11.6 Å². The normalized spacial score (nSPS) is 11.6. The first-order valence-electron chi connectivity index (χ1n) is 8.11. The lowest BCUT2D eigenvalue weighted by atomic mass is 10.1. The topological polar surface area (TPSA) is 55.4 Å². The number of carbonyl (C=O) groups excluding carboxylic acids is 2. The number of benzene rings is 2. The molecule has 0 heterocycles. The Kier molecular flexibility index (Phi) is 6.55. The first kappa shape index (κ1) is 17.7. The number of Topliss-reactive ketones (excluding diaryl/α,β-unsaturated/α-hetero) is 1. The van der Waals surface area contributed by atoms with Crippen LogP contribution in [0.25, 0.3) is 0 Å². The maximum absolute atomic E-state index is 11.9. The molecule has 0 saturated heterocycles. The summed E-state index contributed by atoms with van der Waals surface area (Å²) in [6, 6.07) is 17.1. The number of carbonyl (C=O) groups is 2. The Labute approximate surface area is 142 Å². The van der Waals surface area contributed by atoms with Gasteiger partial charge in [0.05, 0.1) is 0 Å². The Morgan fingerprint density at radius 3 is 2.33 bits per heavy atom. The van der Waals surface area contributed by atoms with Crippen molar-refractivity contribution in [1.29, 1.82) is 0 Å². The predicted molar refractivity (Wildman–Crippen MR) is 94.3 cm³/mol. The third-order valence-corrected chi connectivity index (χ3v) is 3.75. The fourth-order valence-electron chi connectivity index (χ4n) is 2.35. The highest BCUT2D eigenvalue weighted by molar-refractivity contribution is 5.94. The van der Waals surface area contributed by atoms with Gasteiger partial charge in [-0.3, -0.25) is 9.59 Å². The highest BCUT2D eigenvalue weighted by atomic mass is 16.5. The molecule has 1 amide bonds. The number of aryl methyl sites for hydroxylation is 1. The molecule has 4 heteroatoms. The molecule has 0 aliphatic heterocycles. The zero-order chi connectivity index (χ0) is 17.4. The molecule has 1 atom stereocenters. The minimum atomic E-state index is -0.147. The average Bonchev–Trinajstić information content (AvgIpc) is 2.59. The maximum atomic E-state index is 11.9. The molecule has 0 saturated carbocycles. The molecule has 0 aromatic heterocycles. The van der Waals surface area contributed by atoms with E-state index >= 15 is 0 Å². The van der Waals surface area contributed by atoms with Gasteiger partial charge in [-0.2, -0.15) is 0 Å². The van der Waals surface area contributed by atoms with Crippen LogP contribution in [0.4, 0.5) is 0 Å². The van der Waals surface area contributed by atoms with E-state index in [1.54, 1.807) is 24.3 Å². The molecule has 0 unspecified atom stereocenters. The van der Waals surface area contributed by atoms with Crippen molar-refractivity contribution in [1.82, 2.24) is 5.32 Å². The van der Waals surface area contributed by atoms with Crippen LogP contribution in [-0.2, 0) is 11.2 Å². The van der Waals surface area contributed by atoms with E-state index in [1.165, 1.54) is 12.5 Å². The van der Waals surface area contributed by atoms with Gasteiger partial charge in [0.1, 0.15) is 5.75 Å². The minimum absolute atomic E-state index is 0.00605. The smallest absolute Gasteiger partial charge is 0.258 e. The second-order valence-electron chi connectivity index (χ2n) is 5.86. The molecule has 0 fully saturated rings. The van der Waals surface area contributed by atoms with E-state index in [1.807, 2.05) is 25.1 Å². The third-order valence-electron chi connectivity index (χ3n) is 3.75. The van der Waals surface area contributed by atoms with Crippen molar-refractivity contribution >= 4 is 11.7 Å². The van der Waals surface area contributed by atoms with Crippen LogP contribution in [0.3, 0.4) is 0 Å². The van der Waals surface area contributed by atoms with Crippen molar-refractivity contribution in [2.75, 3.05) is 6.61 Å². The number of rotatable bonds is 8. The Balaban J connectivity index is 1.71. The Bertz CT molecular complexity index is 665. The van der Waals surface area contributed by atoms with Gasteiger partial charge in [-0.15, -0.1) is 0 Å². The van der Waals surface area contributed by atoms with Gasteiger partial charge >= 0.3 is 0 Å². The minimum Gasteiger partial charge on any atom is -0.484 e. The molecule has 0 spiro atoms. The Morgan fingerprint density at radius 2 is 1.71 bits per heavy atom. The van der Waals surface area contributed by atoms with Gasteiger partial charge in [0.15, 0.2) is 12.4 Å². The van der Waals surface area contributed by atoms with Crippen LogP contribution in [0.5, 0.6) is 5.75 Å². The quantitative estimate of drug-likeness (QED) is 0.757. The van der Waals surface area contributed by atoms with E-state index in [4.69, 9.17) is 4.74 Å². The molecule has 0 aliphatic rings. The fourth-order valence-corrected chi connectivity index (χ4v) is 2.35. The summed E-state index contributed by atoms with van der Waals surface area (Å²) < 4.78 is 5.44. The van der Waals surface area contributed by atoms with E-state index in [9.17, 15) is 9.59 Å². The van der Waals surface area contributed by atoms with Crippen molar-refractivity contribution in [2.24, 2.45) is 0 Å². The van der Waals surface area contributed by atoms with Crippen LogP contribution in [0.15, 0.2) is 54.6 Å². The molecule has 0 bridgehead atoms. The molecule has 126 valence electrons. The monoisotopic (exact) mass is 325 g/mol. The van der Waals surface area contributed by atoms with Gasteiger partial charge in [0.25, 0.3) is 5.91 Å². The molecule has 0 aliphatic carbocycles. The summed E-state index contributed by atoms with van der Waals surface area (Å²) in [6.07, 6.45) is 1.80. The Hall–Kier alpha value is -2.62. The summed E-state index contributed by atoms with van der Waals surface area (Å²) in [6.45, 7) is 3.47. The van der Waals surface area contributed by atoms with Crippen LogP contribution in [0.1, 0.15) is 36.2 Å². The van der Waals surface area contributed by atoms with Gasteiger partial charge in [-0.05, 0) is 56.5 Å². The molecule has 1 N–H and O–H groups in total. The van der Waals surface area contributed by atoms with E-state index in [-0.39, 0.29) is 24.3 Å². The lowest BCUT2D eigenvalue weighted by Gasteiger charge is -2.14. The summed E-state index contributed by atoms with van der Waals surface area (Å²) >= 11 is 0. The maximum Gasteiger partial charge on any atom is 0.258 e. The number of ketones is 1. The molecule has 2 rings (SSSR count). The van der Waals surface area contributed by atoms with Gasteiger partial charge in [-0.1, -0.05) is 30.3 Å². The van der Waals surface area contributed by atoms with Crippen LogP contribution in [-0.4, -0.2) is 24.3 Å². The second-order valence-corrected chi connectivity index (χ2v) is 5.86. The van der Waals surface area contributed by atoms with Crippen molar-refractivity contribution < 1.29 is 14.3 Å². The summed E-state index contributed by atoms with van der Waals surface area (Å²) in [4.78, 5) is 23.1. The largest absolute Gasteiger partial charge is 0.484 e. The third kappa shape index (κ3) is 5.88. The van der Waals surface area contributed by atoms with E-state index in [0.29, 0.717) is 11.3 Å². The average molecular weight is 325 g/mol. The lowest BCUT2D eigenvalue weighted by molar-refractivity contribution is -0.123. The molecule has 0 radical (unpaired) electrons. The highest BCUT2D eigenvalue weighted by Gasteiger charge is 2.08. The zero-order valence-corrected chi connectivity index (χ0v) is 14.1. The summed E-state index contributed by atoms with van der Waals surface area (Å²) in [7, 11) is 0. The second kappa shape index (κ2) is 8.87. The van der Waals surface area contributed by atoms with Crippen molar-refractivity contribution in [3.05, 3.63) is 65.7 Å². The van der Waals surface area contributed by atoms with Gasteiger partial charge in [-0.25, -0.2) is 0 Å². The molecular formula is C20H23NO3. The lowest BCUT2D eigenvalue weighted by Crippen LogP contribution is -2.36. The van der Waals surface area contributed by atoms with E-state index in [2.05, 4.69) is 17.4 Å². The van der Waals surface area contributed by atoms with E-state index < -0.39 is 0 Å². The number of nitrogens with one attached hydrogen (secondary N) is 1. The molecular weight excluding hydrogens is 302 g/mol. The van der Waals surface area contributed by atoms with Crippen LogP contribution in [0, 0.1) is 0 Å². The Morgan fingerprint density at radius 1 is 1.04 bits per heavy atom. The highest BCUT2D eigenvalue weighted by Crippen LogP contribution is 2.12. The van der Waals surface area contributed by atoms with Gasteiger partial charge < -0.3 is 10.1 Å². The van der Waals surface area contributed by atoms with Gasteiger partial charge in [0.2, 0.25) is 0 Å². The van der Waals surface area contributed by atoms with Crippen LogP contribution < -0.4 is 10.1 Å². The van der Waals surface area contributed by atoms with Crippen molar-refractivity contribution in [3.8, 4) is 5.75 Å². The summed E-state index contributed by atoms with van der Waals surface area (Å²) in [5.41, 5.74) is 1.89. The summed E-state index contributed by atoms with van der Waals surface area (Å²) in [5.74, 6) is 0.435. The van der Waals surface area contributed by atoms with Crippen molar-refractivity contribution in [2.45, 2.75) is 32.7 Å². The molecule has 2 aromatic carbocycles. The number of hydrogen-bond donors (Lipinski definition) is 1. The number of amides is 1. The fraction of sp³-hybridized carbons (Fsp3) is 0.300. The van der Waals surface area contributed by atoms with E-state index in [0.717, 1.165) is 12.8 Å². The SMILES string of the molecule is CC(=O)c1ccc(OCC(=O)N[C@@H](C)CCc2ccccc2)cc1. The number of ether oxygens (including phenoxy) is 1. The molecule has 4 nitrogen and oxygen atoms in total. The zero-order valence-electron chi connectivity index (χ0n) is 14.1.